The average molecular weight is 341 g/mol. The van der Waals surface area contributed by atoms with Gasteiger partial charge in [-0.15, -0.1) is 0 Å². The van der Waals surface area contributed by atoms with Crippen molar-refractivity contribution in [2.75, 3.05) is 32.2 Å². The molecule has 0 bridgehead atoms. The van der Waals surface area contributed by atoms with Crippen molar-refractivity contribution >= 4 is 15.8 Å². The van der Waals surface area contributed by atoms with Gasteiger partial charge in [-0.2, -0.15) is 0 Å². The molecule has 130 valence electrons. The number of rotatable bonds is 8. The molecule has 6 nitrogen and oxygen atoms in total. The third-order valence-electron chi connectivity index (χ3n) is 3.18. The van der Waals surface area contributed by atoms with Gasteiger partial charge in [-0.1, -0.05) is 12.1 Å². The normalized spacial score (nSPS) is 13.5. The number of aryl methyl sites for hydroxylation is 1. The molecule has 2 N–H and O–H groups in total. The summed E-state index contributed by atoms with van der Waals surface area (Å²) in [5.74, 6) is 1.64. The summed E-state index contributed by atoms with van der Waals surface area (Å²) in [6, 6.07) is 7.92. The zero-order valence-electron chi connectivity index (χ0n) is 14.3. The number of ether oxygens (including phenoxy) is 1. The lowest BCUT2D eigenvalue weighted by molar-refractivity contribution is 0.321. The average Bonchev–Trinajstić information content (AvgIpc) is 2.47. The number of guanidine groups is 1. The Morgan fingerprint density at radius 2 is 2.13 bits per heavy atom. The highest BCUT2D eigenvalue weighted by atomic mass is 32.2. The van der Waals surface area contributed by atoms with Crippen LogP contribution in [0.1, 0.15) is 18.9 Å². The molecule has 1 unspecified atom stereocenters. The fourth-order valence-corrected chi connectivity index (χ4v) is 2.72. The first-order valence-corrected chi connectivity index (χ1v) is 9.70. The Kier molecular flexibility index (Phi) is 7.88. The van der Waals surface area contributed by atoms with Gasteiger partial charge in [0, 0.05) is 19.3 Å². The summed E-state index contributed by atoms with van der Waals surface area (Å²) in [5.41, 5.74) is 1.16. The van der Waals surface area contributed by atoms with Crippen molar-refractivity contribution in [3.05, 3.63) is 29.8 Å². The van der Waals surface area contributed by atoms with Crippen LogP contribution in [-0.4, -0.2) is 52.6 Å². The molecule has 0 heterocycles. The van der Waals surface area contributed by atoms with Crippen molar-refractivity contribution in [3.63, 3.8) is 0 Å². The van der Waals surface area contributed by atoms with Gasteiger partial charge in [-0.3, -0.25) is 4.99 Å². The van der Waals surface area contributed by atoms with Crippen LogP contribution in [0.2, 0.25) is 0 Å². The zero-order chi connectivity index (χ0) is 17.3. The molecular weight excluding hydrogens is 314 g/mol. The van der Waals surface area contributed by atoms with Crippen LogP contribution in [0.5, 0.6) is 5.75 Å². The van der Waals surface area contributed by atoms with E-state index in [-0.39, 0.29) is 11.8 Å². The highest BCUT2D eigenvalue weighted by molar-refractivity contribution is 7.90. The number of sulfone groups is 1. The molecule has 1 aromatic carbocycles. The van der Waals surface area contributed by atoms with Gasteiger partial charge in [0.15, 0.2) is 5.96 Å². The predicted octanol–water partition coefficient (Wildman–Crippen LogP) is 1.36. The highest BCUT2D eigenvalue weighted by Gasteiger charge is 2.09. The van der Waals surface area contributed by atoms with Gasteiger partial charge >= 0.3 is 0 Å². The number of benzene rings is 1. The molecule has 23 heavy (non-hydrogen) atoms. The van der Waals surface area contributed by atoms with E-state index < -0.39 is 9.84 Å². The van der Waals surface area contributed by atoms with Crippen LogP contribution in [-0.2, 0) is 9.84 Å². The summed E-state index contributed by atoms with van der Waals surface area (Å²) < 4.78 is 28.0. The lowest BCUT2D eigenvalue weighted by Crippen LogP contribution is -2.44. The third kappa shape index (κ3) is 9.07. The largest absolute Gasteiger partial charge is 0.492 e. The van der Waals surface area contributed by atoms with Gasteiger partial charge in [0.05, 0.1) is 12.3 Å². The summed E-state index contributed by atoms with van der Waals surface area (Å²) in [6.45, 7) is 5.07. The molecule has 0 aromatic heterocycles. The van der Waals surface area contributed by atoms with E-state index in [2.05, 4.69) is 15.6 Å². The van der Waals surface area contributed by atoms with E-state index >= 15 is 0 Å². The molecule has 0 saturated carbocycles. The minimum absolute atomic E-state index is 0.0219. The summed E-state index contributed by atoms with van der Waals surface area (Å²) in [7, 11) is -1.26. The number of aliphatic imine (C=N–C) groups is 1. The Morgan fingerprint density at radius 1 is 1.39 bits per heavy atom. The Morgan fingerprint density at radius 3 is 2.74 bits per heavy atom. The Bertz CT molecular complexity index is 615. The number of nitrogens with zero attached hydrogens (tertiary/aromatic N) is 1. The minimum Gasteiger partial charge on any atom is -0.492 e. The summed E-state index contributed by atoms with van der Waals surface area (Å²) in [6.07, 6.45) is 1.79. The number of hydrogen-bond acceptors (Lipinski definition) is 4. The second kappa shape index (κ2) is 9.39. The SMILES string of the molecule is CN=C(NCCOc1cccc(C)c1)NC(C)CCS(C)(=O)=O. The molecule has 1 atom stereocenters. The fourth-order valence-electron chi connectivity index (χ4n) is 1.93. The summed E-state index contributed by atoms with van der Waals surface area (Å²) in [4.78, 5) is 4.12. The van der Waals surface area contributed by atoms with Crippen molar-refractivity contribution < 1.29 is 13.2 Å². The molecule has 0 spiro atoms. The molecular formula is C16H27N3O3S. The Labute approximate surface area is 139 Å². The Balaban J connectivity index is 2.28. The van der Waals surface area contributed by atoms with Crippen LogP contribution in [0.25, 0.3) is 0 Å². The second-order valence-corrected chi connectivity index (χ2v) is 7.89. The van der Waals surface area contributed by atoms with Crippen molar-refractivity contribution in [3.8, 4) is 5.75 Å². The van der Waals surface area contributed by atoms with Crippen molar-refractivity contribution in [2.24, 2.45) is 4.99 Å². The maximum Gasteiger partial charge on any atom is 0.191 e. The van der Waals surface area contributed by atoms with Crippen molar-refractivity contribution in [1.29, 1.82) is 0 Å². The maximum absolute atomic E-state index is 11.2. The van der Waals surface area contributed by atoms with Crippen LogP contribution in [0.15, 0.2) is 29.3 Å². The van der Waals surface area contributed by atoms with Crippen LogP contribution in [0.3, 0.4) is 0 Å². The third-order valence-corrected chi connectivity index (χ3v) is 4.16. The lowest BCUT2D eigenvalue weighted by Gasteiger charge is -2.17. The monoisotopic (exact) mass is 341 g/mol. The molecule has 1 aromatic rings. The smallest absolute Gasteiger partial charge is 0.191 e. The molecule has 0 amide bonds. The maximum atomic E-state index is 11.2. The molecule has 7 heteroatoms. The molecule has 0 fully saturated rings. The summed E-state index contributed by atoms with van der Waals surface area (Å²) in [5, 5.41) is 6.31. The zero-order valence-corrected chi connectivity index (χ0v) is 15.1. The van der Waals surface area contributed by atoms with E-state index in [4.69, 9.17) is 4.74 Å². The number of nitrogens with one attached hydrogen (secondary N) is 2. The van der Waals surface area contributed by atoms with Gasteiger partial charge in [-0.25, -0.2) is 8.42 Å². The lowest BCUT2D eigenvalue weighted by atomic mass is 10.2. The van der Waals surface area contributed by atoms with Crippen LogP contribution >= 0.6 is 0 Å². The van der Waals surface area contributed by atoms with Crippen molar-refractivity contribution in [2.45, 2.75) is 26.3 Å². The first-order chi connectivity index (χ1) is 10.8. The van der Waals surface area contributed by atoms with Gasteiger partial charge in [0.2, 0.25) is 0 Å². The van der Waals surface area contributed by atoms with Gasteiger partial charge in [0.1, 0.15) is 22.2 Å². The highest BCUT2D eigenvalue weighted by Crippen LogP contribution is 2.11. The summed E-state index contributed by atoms with van der Waals surface area (Å²) >= 11 is 0. The van der Waals surface area contributed by atoms with Gasteiger partial charge in [0.25, 0.3) is 0 Å². The van der Waals surface area contributed by atoms with E-state index in [0.717, 1.165) is 11.3 Å². The van der Waals surface area contributed by atoms with Crippen molar-refractivity contribution in [1.82, 2.24) is 10.6 Å². The van der Waals surface area contributed by atoms with Crippen LogP contribution < -0.4 is 15.4 Å². The fraction of sp³-hybridized carbons (Fsp3) is 0.562. The predicted molar refractivity (Wildman–Crippen MR) is 95.0 cm³/mol. The van der Waals surface area contributed by atoms with Gasteiger partial charge in [-0.05, 0) is 38.0 Å². The second-order valence-electron chi connectivity index (χ2n) is 5.63. The topological polar surface area (TPSA) is 79.8 Å². The van der Waals surface area contributed by atoms with E-state index in [1.807, 2.05) is 38.1 Å². The van der Waals surface area contributed by atoms with E-state index in [9.17, 15) is 8.42 Å². The molecule has 0 saturated heterocycles. The minimum atomic E-state index is -2.94. The molecule has 0 aliphatic carbocycles. The van der Waals surface area contributed by atoms with Crippen LogP contribution in [0.4, 0.5) is 0 Å². The van der Waals surface area contributed by atoms with E-state index in [1.54, 1.807) is 7.05 Å². The molecule has 0 radical (unpaired) electrons. The van der Waals surface area contributed by atoms with Gasteiger partial charge < -0.3 is 15.4 Å². The quantitative estimate of drug-likeness (QED) is 0.424. The van der Waals surface area contributed by atoms with Crippen LogP contribution in [0, 0.1) is 6.92 Å². The molecule has 0 aliphatic heterocycles. The first kappa shape index (κ1) is 19.3. The molecule has 1 rings (SSSR count). The van der Waals surface area contributed by atoms with E-state index in [0.29, 0.717) is 25.5 Å². The molecule has 0 aliphatic rings. The Hall–Kier alpha value is -1.76. The standard InChI is InChI=1S/C16H27N3O3S/c1-13-6-5-7-15(12-13)22-10-9-18-16(17-3)19-14(2)8-11-23(4,20)21/h5-7,12,14H,8-11H2,1-4H3,(H2,17,18,19). The first-order valence-electron chi connectivity index (χ1n) is 7.64. The van der Waals surface area contributed by atoms with E-state index in [1.165, 1.54) is 6.26 Å². The number of hydrogen-bond donors (Lipinski definition) is 2.